The van der Waals surface area contributed by atoms with Crippen molar-refractivity contribution in [1.82, 2.24) is 29.6 Å². The Labute approximate surface area is 192 Å². The maximum absolute atomic E-state index is 10.0. The van der Waals surface area contributed by atoms with E-state index in [0.29, 0.717) is 23.9 Å². The van der Waals surface area contributed by atoms with Crippen LogP contribution in [0.25, 0.3) is 11.0 Å². The van der Waals surface area contributed by atoms with Gasteiger partial charge in [0, 0.05) is 38.2 Å². The van der Waals surface area contributed by atoms with Crippen LogP contribution in [0.4, 0.5) is 17.5 Å². The Balaban J connectivity index is 1.34. The van der Waals surface area contributed by atoms with E-state index in [1.165, 1.54) is 18.4 Å². The first kappa shape index (κ1) is 20.9. The zero-order valence-electron chi connectivity index (χ0n) is 18.8. The quantitative estimate of drug-likeness (QED) is 0.433. The molecule has 2 saturated heterocycles. The number of nitrogens with one attached hydrogen (secondary N) is 3. The highest BCUT2D eigenvalue weighted by Crippen LogP contribution is 2.45. The van der Waals surface area contributed by atoms with E-state index in [-0.39, 0.29) is 6.73 Å². The Hall–Kier alpha value is -2.69. The molecule has 0 radical (unpaired) electrons. The number of anilines is 3. The van der Waals surface area contributed by atoms with Crippen molar-refractivity contribution in [2.75, 3.05) is 36.9 Å². The van der Waals surface area contributed by atoms with Crippen LogP contribution in [0.3, 0.4) is 0 Å². The van der Waals surface area contributed by atoms with Crippen LogP contribution in [-0.2, 0) is 11.5 Å². The molecular weight excluding hydrogens is 420 g/mol. The molecule has 10 heteroatoms. The van der Waals surface area contributed by atoms with Crippen LogP contribution in [0.1, 0.15) is 56.0 Å². The second kappa shape index (κ2) is 8.92. The third-order valence-electron chi connectivity index (χ3n) is 6.98. The van der Waals surface area contributed by atoms with Crippen molar-refractivity contribution in [2.45, 2.75) is 63.3 Å². The second-order valence-corrected chi connectivity index (χ2v) is 9.43. The highest BCUT2D eigenvalue weighted by molar-refractivity contribution is 5.93. The van der Waals surface area contributed by atoms with E-state index < -0.39 is 0 Å². The summed E-state index contributed by atoms with van der Waals surface area (Å²) in [5.41, 5.74) is 2.86. The van der Waals surface area contributed by atoms with Gasteiger partial charge in [-0.05, 0) is 56.6 Å². The molecule has 6 rings (SSSR count). The minimum Gasteiger partial charge on any atom is -0.381 e. The molecule has 3 aromatic heterocycles. The van der Waals surface area contributed by atoms with E-state index >= 15 is 0 Å². The van der Waals surface area contributed by atoms with Gasteiger partial charge in [0.25, 0.3) is 0 Å². The third-order valence-corrected chi connectivity index (χ3v) is 6.98. The van der Waals surface area contributed by atoms with Crippen LogP contribution in [-0.4, -0.2) is 61.8 Å². The Morgan fingerprint density at radius 2 is 2.00 bits per heavy atom. The van der Waals surface area contributed by atoms with Gasteiger partial charge in [0.2, 0.25) is 5.95 Å². The second-order valence-electron chi connectivity index (χ2n) is 9.43. The zero-order valence-corrected chi connectivity index (χ0v) is 18.8. The molecule has 1 saturated carbocycles. The van der Waals surface area contributed by atoms with E-state index in [1.807, 2.05) is 27.8 Å². The number of fused-ring (bicyclic) bond motifs is 1. The van der Waals surface area contributed by atoms with E-state index in [2.05, 4.69) is 21.0 Å². The molecule has 10 nitrogen and oxygen atoms in total. The summed E-state index contributed by atoms with van der Waals surface area (Å²) < 4.78 is 9.31. The van der Waals surface area contributed by atoms with Crippen LogP contribution < -0.4 is 16.0 Å². The number of ether oxygens (including phenoxy) is 1. The maximum atomic E-state index is 10.0. The van der Waals surface area contributed by atoms with Crippen LogP contribution in [0, 0.1) is 0 Å². The fraction of sp³-hybridized carbons (Fsp3) is 0.609. The van der Waals surface area contributed by atoms with Gasteiger partial charge in [-0.2, -0.15) is 15.1 Å². The van der Waals surface area contributed by atoms with Crippen LogP contribution in [0.15, 0.2) is 18.6 Å². The Morgan fingerprint density at radius 1 is 1.12 bits per heavy atom. The molecule has 176 valence electrons. The highest BCUT2D eigenvalue weighted by atomic mass is 16.5. The first-order chi connectivity index (χ1) is 16.3. The molecule has 3 fully saturated rings. The van der Waals surface area contributed by atoms with Crippen LogP contribution in [0.2, 0.25) is 0 Å². The Morgan fingerprint density at radius 3 is 2.76 bits per heavy atom. The lowest BCUT2D eigenvalue weighted by Crippen LogP contribution is -2.38. The molecular formula is C23H32N8O2. The lowest BCUT2D eigenvalue weighted by Gasteiger charge is -2.25. The summed E-state index contributed by atoms with van der Waals surface area (Å²) in [6, 6.07) is 0.687. The van der Waals surface area contributed by atoms with Gasteiger partial charge in [-0.3, -0.25) is 4.68 Å². The summed E-state index contributed by atoms with van der Waals surface area (Å²) in [5, 5.41) is 26.1. The van der Waals surface area contributed by atoms with Gasteiger partial charge in [-0.1, -0.05) is 0 Å². The summed E-state index contributed by atoms with van der Waals surface area (Å²) in [7, 11) is 0. The van der Waals surface area contributed by atoms with Gasteiger partial charge in [-0.25, -0.2) is 0 Å². The predicted molar refractivity (Wildman–Crippen MR) is 126 cm³/mol. The number of aliphatic hydroxyl groups excluding tert-OH is 1. The van der Waals surface area contributed by atoms with Gasteiger partial charge in [0.05, 0.1) is 23.3 Å². The average molecular weight is 453 g/mol. The largest absolute Gasteiger partial charge is 0.381 e. The number of rotatable bonds is 7. The summed E-state index contributed by atoms with van der Waals surface area (Å²) in [6.45, 7) is 3.44. The van der Waals surface area contributed by atoms with Gasteiger partial charge >= 0.3 is 0 Å². The van der Waals surface area contributed by atoms with E-state index in [0.717, 1.165) is 74.5 Å². The molecule has 0 unspecified atom stereocenters. The lowest BCUT2D eigenvalue weighted by molar-refractivity contribution is 0.0662. The normalized spacial score (nSPS) is 22.0. The number of hydrogen-bond acceptors (Lipinski definition) is 8. The van der Waals surface area contributed by atoms with Crippen molar-refractivity contribution in [3.8, 4) is 0 Å². The SMILES string of the molecule is OCn1cc(C2CC2)c2c(N[C@@H]3CCCNC3)nc(Nc3cnn(C4CCOCC4)c3)nc21. The predicted octanol–water partition coefficient (Wildman–Crippen LogP) is 2.71. The lowest BCUT2D eigenvalue weighted by atomic mass is 10.1. The Bertz CT molecular complexity index is 1110. The minimum absolute atomic E-state index is 0.105. The minimum atomic E-state index is -0.105. The van der Waals surface area contributed by atoms with Gasteiger partial charge < -0.3 is 30.4 Å². The first-order valence-electron chi connectivity index (χ1n) is 12.2. The standard InChI is InChI=1S/C23H32N8O2/c32-14-30-13-19(15-3-4-15)20-21(26-16-2-1-7-24-10-16)28-23(29-22(20)30)27-17-11-25-31(12-17)18-5-8-33-9-6-18/h11-13,15-16,18,24,32H,1-10,14H2,(H2,26,27,28,29)/t16-/m1/s1. The third kappa shape index (κ3) is 4.30. The number of piperidine rings is 1. The number of nitrogens with zero attached hydrogens (tertiary/aromatic N) is 5. The molecule has 3 aromatic rings. The van der Waals surface area contributed by atoms with Gasteiger partial charge in [0.1, 0.15) is 18.2 Å². The molecule has 4 N–H and O–H groups in total. The number of hydrogen-bond donors (Lipinski definition) is 4. The van der Waals surface area contributed by atoms with Crippen molar-refractivity contribution in [1.29, 1.82) is 0 Å². The molecule has 1 atom stereocenters. The van der Waals surface area contributed by atoms with Crippen LogP contribution in [0.5, 0.6) is 0 Å². The molecule has 0 aromatic carbocycles. The molecule has 2 aliphatic heterocycles. The zero-order chi connectivity index (χ0) is 22.2. The topological polar surface area (TPSA) is 114 Å². The summed E-state index contributed by atoms with van der Waals surface area (Å²) in [4.78, 5) is 9.73. The van der Waals surface area contributed by atoms with Crippen molar-refractivity contribution in [3.63, 3.8) is 0 Å². The van der Waals surface area contributed by atoms with Gasteiger partial charge in [0.15, 0.2) is 0 Å². The summed E-state index contributed by atoms with van der Waals surface area (Å²) in [6.07, 6.45) is 12.5. The molecule has 0 amide bonds. The smallest absolute Gasteiger partial charge is 0.231 e. The molecule has 33 heavy (non-hydrogen) atoms. The highest BCUT2D eigenvalue weighted by Gasteiger charge is 2.30. The molecule has 5 heterocycles. The summed E-state index contributed by atoms with van der Waals surface area (Å²) in [5.74, 6) is 1.89. The van der Waals surface area contributed by atoms with Crippen LogP contribution >= 0.6 is 0 Å². The molecule has 0 bridgehead atoms. The molecule has 1 aliphatic carbocycles. The van der Waals surface area contributed by atoms with Crippen molar-refractivity contribution < 1.29 is 9.84 Å². The van der Waals surface area contributed by atoms with Crippen molar-refractivity contribution in [3.05, 3.63) is 24.2 Å². The van der Waals surface area contributed by atoms with E-state index in [9.17, 15) is 5.11 Å². The maximum Gasteiger partial charge on any atom is 0.231 e. The van der Waals surface area contributed by atoms with Crippen molar-refractivity contribution in [2.24, 2.45) is 0 Å². The fourth-order valence-electron chi connectivity index (χ4n) is 5.04. The monoisotopic (exact) mass is 452 g/mol. The summed E-state index contributed by atoms with van der Waals surface area (Å²) >= 11 is 0. The molecule has 0 spiro atoms. The van der Waals surface area contributed by atoms with E-state index in [1.54, 1.807) is 0 Å². The fourth-order valence-corrected chi connectivity index (χ4v) is 5.04. The van der Waals surface area contributed by atoms with Gasteiger partial charge in [-0.15, -0.1) is 0 Å². The van der Waals surface area contributed by atoms with Crippen molar-refractivity contribution >= 4 is 28.5 Å². The average Bonchev–Trinajstić information content (AvgIpc) is 3.48. The number of aromatic nitrogens is 5. The molecule has 3 aliphatic rings. The Kier molecular flexibility index (Phi) is 5.65. The number of aliphatic hydroxyl groups is 1. The van der Waals surface area contributed by atoms with E-state index in [4.69, 9.17) is 14.7 Å². The first-order valence-corrected chi connectivity index (χ1v) is 12.2.